The van der Waals surface area contributed by atoms with Gasteiger partial charge in [-0.15, -0.1) is 21.5 Å². The number of benzene rings is 1. The quantitative estimate of drug-likeness (QED) is 0.778. The number of nitrogens with zero attached hydrogens (tertiary/aromatic N) is 2. The van der Waals surface area contributed by atoms with Crippen LogP contribution >= 0.6 is 11.3 Å². The summed E-state index contributed by atoms with van der Waals surface area (Å²) < 4.78 is 0. The van der Waals surface area contributed by atoms with Crippen LogP contribution in [0.5, 0.6) is 0 Å². The van der Waals surface area contributed by atoms with Crippen LogP contribution in [0.2, 0.25) is 0 Å². The van der Waals surface area contributed by atoms with Gasteiger partial charge in [-0.25, -0.2) is 0 Å². The van der Waals surface area contributed by atoms with Crippen LogP contribution in [0.15, 0.2) is 30.3 Å². The lowest BCUT2D eigenvalue weighted by Gasteiger charge is -1.97. The molecule has 2 aromatic rings. The van der Waals surface area contributed by atoms with E-state index in [9.17, 15) is 0 Å². The summed E-state index contributed by atoms with van der Waals surface area (Å²) in [6.07, 6.45) is 3.02. The Morgan fingerprint density at radius 1 is 1.00 bits per heavy atom. The molecule has 0 aliphatic carbocycles. The summed E-state index contributed by atoms with van der Waals surface area (Å²) in [5, 5.41) is 14.1. The van der Waals surface area contributed by atoms with Crippen LogP contribution < -0.4 is 5.32 Å². The highest BCUT2D eigenvalue weighted by molar-refractivity contribution is 7.11. The molecule has 0 saturated carbocycles. The lowest BCUT2D eigenvalue weighted by molar-refractivity contribution is 0.709. The molecule has 0 fully saturated rings. The topological polar surface area (TPSA) is 37.8 Å². The standard InChI is InChI=1S/C14H19N3S/c1-2-15-11-10-14-17-16-13(18-14)9-8-12-6-4-3-5-7-12/h3-7,15H,2,8-11H2,1H3. The Bertz CT molecular complexity index is 453. The van der Waals surface area contributed by atoms with Crippen molar-refractivity contribution in [3.05, 3.63) is 45.9 Å². The van der Waals surface area contributed by atoms with Gasteiger partial charge in [0.2, 0.25) is 0 Å². The average Bonchev–Trinajstić information content (AvgIpc) is 2.86. The minimum Gasteiger partial charge on any atom is -0.317 e. The molecule has 2 rings (SSSR count). The highest BCUT2D eigenvalue weighted by Crippen LogP contribution is 2.13. The van der Waals surface area contributed by atoms with Crippen molar-refractivity contribution in [2.75, 3.05) is 13.1 Å². The van der Waals surface area contributed by atoms with E-state index in [1.807, 2.05) is 6.07 Å². The molecule has 96 valence electrons. The molecular weight excluding hydrogens is 242 g/mol. The van der Waals surface area contributed by atoms with Crippen molar-refractivity contribution in [1.82, 2.24) is 15.5 Å². The van der Waals surface area contributed by atoms with Gasteiger partial charge in [0, 0.05) is 19.4 Å². The smallest absolute Gasteiger partial charge is 0.118 e. The third-order valence-corrected chi connectivity index (χ3v) is 3.79. The molecule has 1 N–H and O–H groups in total. The normalized spacial score (nSPS) is 10.7. The van der Waals surface area contributed by atoms with E-state index >= 15 is 0 Å². The van der Waals surface area contributed by atoms with Gasteiger partial charge in [-0.05, 0) is 18.5 Å². The Hall–Kier alpha value is -1.26. The SMILES string of the molecule is CCNCCc1nnc(CCc2ccccc2)s1. The minimum absolute atomic E-state index is 0.983. The van der Waals surface area contributed by atoms with Gasteiger partial charge in [0.25, 0.3) is 0 Å². The fourth-order valence-electron chi connectivity index (χ4n) is 1.76. The number of aromatic nitrogens is 2. The second-order valence-corrected chi connectivity index (χ2v) is 5.33. The number of aryl methyl sites for hydroxylation is 2. The second-order valence-electron chi connectivity index (χ2n) is 4.18. The molecule has 1 aromatic carbocycles. The van der Waals surface area contributed by atoms with Gasteiger partial charge >= 0.3 is 0 Å². The van der Waals surface area contributed by atoms with Crippen molar-refractivity contribution >= 4 is 11.3 Å². The number of hydrogen-bond acceptors (Lipinski definition) is 4. The number of likely N-dealkylation sites (N-methyl/N-ethyl adjacent to an activating group) is 1. The Labute approximate surface area is 112 Å². The largest absolute Gasteiger partial charge is 0.317 e. The van der Waals surface area contributed by atoms with E-state index in [1.54, 1.807) is 11.3 Å². The molecule has 1 heterocycles. The van der Waals surface area contributed by atoms with Crippen LogP contribution in [0.3, 0.4) is 0 Å². The van der Waals surface area contributed by atoms with Gasteiger partial charge in [0.1, 0.15) is 10.0 Å². The average molecular weight is 261 g/mol. The molecule has 0 unspecified atom stereocenters. The third-order valence-electron chi connectivity index (χ3n) is 2.74. The van der Waals surface area contributed by atoms with Crippen molar-refractivity contribution in [3.8, 4) is 0 Å². The minimum atomic E-state index is 0.983. The van der Waals surface area contributed by atoms with Gasteiger partial charge in [-0.3, -0.25) is 0 Å². The van der Waals surface area contributed by atoms with Crippen LogP contribution in [-0.4, -0.2) is 23.3 Å². The van der Waals surface area contributed by atoms with Gasteiger partial charge < -0.3 is 5.32 Å². The molecule has 0 aliphatic heterocycles. The van der Waals surface area contributed by atoms with Crippen LogP contribution in [0.4, 0.5) is 0 Å². The molecule has 0 saturated heterocycles. The molecule has 3 nitrogen and oxygen atoms in total. The third kappa shape index (κ3) is 4.20. The van der Waals surface area contributed by atoms with E-state index in [1.165, 1.54) is 5.56 Å². The maximum Gasteiger partial charge on any atom is 0.118 e. The van der Waals surface area contributed by atoms with Crippen molar-refractivity contribution in [3.63, 3.8) is 0 Å². The first-order chi connectivity index (χ1) is 8.88. The number of nitrogens with one attached hydrogen (secondary N) is 1. The summed E-state index contributed by atoms with van der Waals surface area (Å²) in [7, 11) is 0. The molecule has 0 spiro atoms. The number of rotatable bonds is 7. The molecule has 18 heavy (non-hydrogen) atoms. The van der Waals surface area contributed by atoms with E-state index in [2.05, 4.69) is 46.7 Å². The Morgan fingerprint density at radius 3 is 2.44 bits per heavy atom. The first kappa shape index (κ1) is 13.2. The van der Waals surface area contributed by atoms with Crippen molar-refractivity contribution in [2.24, 2.45) is 0 Å². The molecular formula is C14H19N3S. The highest BCUT2D eigenvalue weighted by atomic mass is 32.1. The maximum atomic E-state index is 4.25. The summed E-state index contributed by atoms with van der Waals surface area (Å²) in [4.78, 5) is 0. The molecule has 0 aliphatic rings. The van der Waals surface area contributed by atoms with Gasteiger partial charge in [0.15, 0.2) is 0 Å². The fraction of sp³-hybridized carbons (Fsp3) is 0.429. The van der Waals surface area contributed by atoms with E-state index in [-0.39, 0.29) is 0 Å². The molecule has 0 atom stereocenters. The van der Waals surface area contributed by atoms with Gasteiger partial charge in [-0.2, -0.15) is 0 Å². The molecule has 0 amide bonds. The summed E-state index contributed by atoms with van der Waals surface area (Å²) in [6, 6.07) is 10.5. The van der Waals surface area contributed by atoms with E-state index in [0.717, 1.165) is 42.4 Å². The van der Waals surface area contributed by atoms with E-state index in [4.69, 9.17) is 0 Å². The summed E-state index contributed by atoms with van der Waals surface area (Å²) in [6.45, 7) is 4.12. The zero-order valence-electron chi connectivity index (χ0n) is 10.7. The van der Waals surface area contributed by atoms with Crippen molar-refractivity contribution < 1.29 is 0 Å². The van der Waals surface area contributed by atoms with Gasteiger partial charge in [-0.1, -0.05) is 37.3 Å². The second kappa shape index (κ2) is 7.24. The first-order valence-electron chi connectivity index (χ1n) is 6.44. The number of hydrogen-bond donors (Lipinski definition) is 1. The van der Waals surface area contributed by atoms with Crippen molar-refractivity contribution in [2.45, 2.75) is 26.2 Å². The van der Waals surface area contributed by atoms with Crippen LogP contribution in [0, 0.1) is 0 Å². The Morgan fingerprint density at radius 2 is 1.72 bits per heavy atom. The summed E-state index contributed by atoms with van der Waals surface area (Å²) in [5.74, 6) is 0. The fourth-order valence-corrected chi connectivity index (χ4v) is 2.60. The van der Waals surface area contributed by atoms with Crippen LogP contribution in [0.1, 0.15) is 22.5 Å². The van der Waals surface area contributed by atoms with Crippen LogP contribution in [-0.2, 0) is 19.3 Å². The highest BCUT2D eigenvalue weighted by Gasteiger charge is 2.04. The molecule has 4 heteroatoms. The lowest BCUT2D eigenvalue weighted by atomic mass is 10.1. The predicted octanol–water partition coefficient (Wildman–Crippen LogP) is 2.48. The van der Waals surface area contributed by atoms with Crippen LogP contribution in [0.25, 0.3) is 0 Å². The zero-order chi connectivity index (χ0) is 12.6. The summed E-state index contributed by atoms with van der Waals surface area (Å²) in [5.41, 5.74) is 1.36. The molecule has 0 radical (unpaired) electrons. The van der Waals surface area contributed by atoms with E-state index in [0.29, 0.717) is 0 Å². The zero-order valence-corrected chi connectivity index (χ0v) is 11.5. The maximum absolute atomic E-state index is 4.25. The molecule has 0 bridgehead atoms. The predicted molar refractivity (Wildman–Crippen MR) is 76.0 cm³/mol. The van der Waals surface area contributed by atoms with Crippen molar-refractivity contribution in [1.29, 1.82) is 0 Å². The molecule has 1 aromatic heterocycles. The first-order valence-corrected chi connectivity index (χ1v) is 7.26. The summed E-state index contributed by atoms with van der Waals surface area (Å²) >= 11 is 1.74. The Kier molecular flexibility index (Phi) is 5.30. The van der Waals surface area contributed by atoms with Gasteiger partial charge in [0.05, 0.1) is 0 Å². The lowest BCUT2D eigenvalue weighted by Crippen LogP contribution is -2.15. The Balaban J connectivity index is 1.80. The van der Waals surface area contributed by atoms with E-state index < -0.39 is 0 Å². The monoisotopic (exact) mass is 261 g/mol.